The third-order valence-electron chi connectivity index (χ3n) is 6.08. The summed E-state index contributed by atoms with van der Waals surface area (Å²) >= 11 is 0. The van der Waals surface area contributed by atoms with Gasteiger partial charge in [-0.05, 0) is 60.5 Å². The van der Waals surface area contributed by atoms with E-state index in [0.717, 1.165) is 53.4 Å². The minimum absolute atomic E-state index is 0.184. The number of hydrogen-bond donors (Lipinski definition) is 2. The molecule has 2 aliphatic heterocycles. The number of nitrogens with zero attached hydrogens (tertiary/aromatic N) is 1. The van der Waals surface area contributed by atoms with Gasteiger partial charge in [0.15, 0.2) is 0 Å². The molecule has 5 rings (SSSR count). The van der Waals surface area contributed by atoms with Crippen LogP contribution in [0.25, 0.3) is 11.1 Å². The SMILES string of the molecule is CC1=C(c2ccc(O)cc2)COc2ccc(O)cc21.FCC1CN(CCOc2ccccc2)C1. The van der Waals surface area contributed by atoms with Crippen LogP contribution in [0.2, 0.25) is 0 Å². The van der Waals surface area contributed by atoms with Crippen LogP contribution in [0.4, 0.5) is 4.39 Å². The summed E-state index contributed by atoms with van der Waals surface area (Å²) in [4.78, 5) is 2.22. The van der Waals surface area contributed by atoms with Crippen LogP contribution in [0.15, 0.2) is 72.8 Å². The van der Waals surface area contributed by atoms with Gasteiger partial charge in [-0.3, -0.25) is 9.29 Å². The highest BCUT2D eigenvalue weighted by atomic mass is 19.1. The minimum Gasteiger partial charge on any atom is -0.508 e. The van der Waals surface area contributed by atoms with Gasteiger partial charge in [-0.2, -0.15) is 0 Å². The van der Waals surface area contributed by atoms with Crippen LogP contribution in [-0.2, 0) is 0 Å². The molecule has 0 unspecified atom stereocenters. The molecule has 3 aromatic carbocycles. The first-order valence-electron chi connectivity index (χ1n) is 11.4. The molecule has 0 aliphatic carbocycles. The smallest absolute Gasteiger partial charge is 0.127 e. The van der Waals surface area contributed by atoms with Crippen molar-refractivity contribution in [1.82, 2.24) is 4.90 Å². The van der Waals surface area contributed by atoms with E-state index in [2.05, 4.69) is 4.90 Å². The number of rotatable bonds is 6. The summed E-state index contributed by atoms with van der Waals surface area (Å²) in [7, 11) is 0. The van der Waals surface area contributed by atoms with E-state index in [0.29, 0.717) is 13.2 Å². The van der Waals surface area contributed by atoms with Crippen LogP contribution < -0.4 is 9.47 Å². The molecule has 1 saturated heterocycles. The Hall–Kier alpha value is -3.51. The second-order valence-electron chi connectivity index (χ2n) is 8.56. The maximum atomic E-state index is 12.1. The van der Waals surface area contributed by atoms with Crippen molar-refractivity contribution in [2.75, 3.05) is 39.5 Å². The molecule has 2 aliphatic rings. The van der Waals surface area contributed by atoms with Gasteiger partial charge in [-0.25, -0.2) is 0 Å². The number of phenolic OH excluding ortho intramolecular Hbond substituents is 2. The Labute approximate surface area is 199 Å². The van der Waals surface area contributed by atoms with Crippen molar-refractivity contribution in [1.29, 1.82) is 0 Å². The normalized spacial score (nSPS) is 15.5. The first-order valence-corrected chi connectivity index (χ1v) is 11.4. The van der Waals surface area contributed by atoms with Gasteiger partial charge < -0.3 is 19.7 Å². The van der Waals surface area contributed by atoms with Crippen molar-refractivity contribution >= 4 is 11.1 Å². The van der Waals surface area contributed by atoms with Crippen molar-refractivity contribution in [3.05, 3.63) is 83.9 Å². The van der Waals surface area contributed by atoms with Crippen LogP contribution in [0.1, 0.15) is 18.1 Å². The second-order valence-corrected chi connectivity index (χ2v) is 8.56. The van der Waals surface area contributed by atoms with E-state index in [1.165, 1.54) is 0 Å². The molecule has 34 heavy (non-hydrogen) atoms. The quantitative estimate of drug-likeness (QED) is 0.513. The summed E-state index contributed by atoms with van der Waals surface area (Å²) in [6.45, 7) is 5.67. The summed E-state index contributed by atoms with van der Waals surface area (Å²) in [5.41, 5.74) is 4.08. The Morgan fingerprint density at radius 2 is 1.68 bits per heavy atom. The zero-order chi connectivity index (χ0) is 23.9. The van der Waals surface area contributed by atoms with E-state index in [1.54, 1.807) is 30.3 Å². The molecule has 0 aromatic heterocycles. The summed E-state index contributed by atoms with van der Waals surface area (Å²) in [5, 5.41) is 18.9. The Morgan fingerprint density at radius 3 is 2.38 bits per heavy atom. The van der Waals surface area contributed by atoms with Crippen LogP contribution >= 0.6 is 0 Å². The van der Waals surface area contributed by atoms with Gasteiger partial charge >= 0.3 is 0 Å². The summed E-state index contributed by atoms with van der Waals surface area (Å²) < 4.78 is 23.4. The Kier molecular flexibility index (Phi) is 7.70. The Balaban J connectivity index is 0.000000166. The fraction of sp³-hybridized carbons (Fsp3) is 0.286. The van der Waals surface area contributed by atoms with Gasteiger partial charge in [-0.15, -0.1) is 0 Å². The molecule has 178 valence electrons. The number of ether oxygens (including phenoxy) is 2. The molecule has 0 radical (unpaired) electrons. The van der Waals surface area contributed by atoms with Crippen molar-refractivity contribution in [2.45, 2.75) is 6.92 Å². The van der Waals surface area contributed by atoms with Gasteiger partial charge in [0, 0.05) is 36.7 Å². The van der Waals surface area contributed by atoms with Crippen LogP contribution in [-0.4, -0.2) is 54.6 Å². The molecule has 0 atom stereocenters. The zero-order valence-corrected chi connectivity index (χ0v) is 19.3. The number of likely N-dealkylation sites (tertiary alicyclic amines) is 1. The number of allylic oxidation sites excluding steroid dienone is 1. The molecule has 2 heterocycles. The molecule has 0 saturated carbocycles. The summed E-state index contributed by atoms with van der Waals surface area (Å²) in [5.74, 6) is 2.44. The van der Waals surface area contributed by atoms with Gasteiger partial charge in [0.05, 0.1) is 6.67 Å². The van der Waals surface area contributed by atoms with Gasteiger partial charge in [-0.1, -0.05) is 30.3 Å². The molecule has 0 bridgehead atoms. The van der Waals surface area contributed by atoms with Crippen molar-refractivity contribution < 1.29 is 24.1 Å². The molecule has 0 spiro atoms. The fourth-order valence-corrected chi connectivity index (χ4v) is 4.09. The predicted molar refractivity (Wildman–Crippen MR) is 132 cm³/mol. The number of fused-ring (bicyclic) bond motifs is 1. The summed E-state index contributed by atoms with van der Waals surface area (Å²) in [6.07, 6.45) is 0. The maximum absolute atomic E-state index is 12.1. The molecule has 6 heteroatoms. The second kappa shape index (κ2) is 11.1. The van der Waals surface area contributed by atoms with Crippen molar-refractivity contribution in [3.8, 4) is 23.0 Å². The molecule has 2 N–H and O–H groups in total. The Morgan fingerprint density at radius 1 is 0.971 bits per heavy atom. The lowest BCUT2D eigenvalue weighted by Crippen LogP contribution is -2.49. The molecular formula is C28H30FNO4. The topological polar surface area (TPSA) is 62.2 Å². The highest BCUT2D eigenvalue weighted by Gasteiger charge is 2.25. The first kappa shape index (κ1) is 23.6. The fourth-order valence-electron chi connectivity index (χ4n) is 4.09. The van der Waals surface area contributed by atoms with Gasteiger partial charge in [0.2, 0.25) is 0 Å². The number of aromatic hydroxyl groups is 2. The lowest BCUT2D eigenvalue weighted by atomic mass is 9.93. The van der Waals surface area contributed by atoms with Crippen LogP contribution in [0.5, 0.6) is 23.0 Å². The average Bonchev–Trinajstić information content (AvgIpc) is 2.83. The maximum Gasteiger partial charge on any atom is 0.127 e. The number of benzene rings is 3. The predicted octanol–water partition coefficient (Wildman–Crippen LogP) is 5.39. The first-order chi connectivity index (χ1) is 16.5. The van der Waals surface area contributed by atoms with Gasteiger partial charge in [0.25, 0.3) is 0 Å². The van der Waals surface area contributed by atoms with E-state index >= 15 is 0 Å². The van der Waals surface area contributed by atoms with Gasteiger partial charge in [0.1, 0.15) is 36.2 Å². The lowest BCUT2D eigenvalue weighted by molar-refractivity contribution is 0.0668. The molecule has 3 aromatic rings. The zero-order valence-electron chi connectivity index (χ0n) is 19.3. The summed E-state index contributed by atoms with van der Waals surface area (Å²) in [6, 6.07) is 21.9. The third-order valence-corrected chi connectivity index (χ3v) is 6.08. The van der Waals surface area contributed by atoms with Crippen LogP contribution in [0, 0.1) is 5.92 Å². The number of alkyl halides is 1. The monoisotopic (exact) mass is 463 g/mol. The van der Waals surface area contributed by atoms with E-state index in [9.17, 15) is 14.6 Å². The molecule has 5 nitrogen and oxygen atoms in total. The number of hydrogen-bond acceptors (Lipinski definition) is 5. The Bertz CT molecular complexity index is 1110. The molecular weight excluding hydrogens is 433 g/mol. The minimum atomic E-state index is -0.184. The lowest BCUT2D eigenvalue weighted by Gasteiger charge is -2.37. The number of phenols is 2. The van der Waals surface area contributed by atoms with E-state index in [4.69, 9.17) is 9.47 Å². The van der Waals surface area contributed by atoms with Crippen LogP contribution in [0.3, 0.4) is 0 Å². The van der Waals surface area contributed by atoms with E-state index in [-0.39, 0.29) is 24.1 Å². The highest BCUT2D eigenvalue weighted by molar-refractivity contribution is 5.93. The average molecular weight is 464 g/mol. The molecule has 0 amide bonds. The van der Waals surface area contributed by atoms with Crippen molar-refractivity contribution in [3.63, 3.8) is 0 Å². The van der Waals surface area contributed by atoms with E-state index in [1.807, 2.05) is 49.4 Å². The highest BCUT2D eigenvalue weighted by Crippen LogP contribution is 2.38. The standard InChI is InChI=1S/C16H14O3.C12H16FNO/c1-10-14-8-13(18)6-7-16(14)19-9-15(10)11-2-4-12(17)5-3-11;13-8-11-9-14(10-11)6-7-15-12-4-2-1-3-5-12/h2-8,17-18H,9H2,1H3;1-5,11H,6-10H2. The largest absolute Gasteiger partial charge is 0.508 e. The molecule has 1 fully saturated rings. The third kappa shape index (κ3) is 5.88. The number of halogens is 1. The van der Waals surface area contributed by atoms with E-state index < -0.39 is 0 Å². The number of para-hydroxylation sites is 1. The van der Waals surface area contributed by atoms with Crippen molar-refractivity contribution in [2.24, 2.45) is 5.92 Å².